The van der Waals surface area contributed by atoms with Gasteiger partial charge >= 0.3 is 0 Å². The third-order valence-electron chi connectivity index (χ3n) is 5.47. The lowest BCUT2D eigenvalue weighted by molar-refractivity contribution is 0.0595. The van der Waals surface area contributed by atoms with Crippen LogP contribution in [0.3, 0.4) is 0 Å². The summed E-state index contributed by atoms with van der Waals surface area (Å²) >= 11 is 6.24. The number of amides is 1. The van der Waals surface area contributed by atoms with Gasteiger partial charge in [0.05, 0.1) is 10.4 Å². The number of rotatable bonds is 3. The van der Waals surface area contributed by atoms with E-state index in [2.05, 4.69) is 18.7 Å². The van der Waals surface area contributed by atoms with E-state index in [0.717, 1.165) is 37.3 Å². The summed E-state index contributed by atoms with van der Waals surface area (Å²) in [5.74, 6) is 0.107. The Morgan fingerprint density at radius 2 is 1.79 bits per heavy atom. The van der Waals surface area contributed by atoms with Crippen LogP contribution in [0.1, 0.15) is 24.2 Å². The molecule has 146 valence electrons. The summed E-state index contributed by atoms with van der Waals surface area (Å²) < 4.78 is 1.67. The van der Waals surface area contributed by atoms with E-state index in [1.165, 1.54) is 0 Å². The molecule has 1 fully saturated rings. The fraction of sp³-hybridized carbons (Fsp3) is 0.318. The summed E-state index contributed by atoms with van der Waals surface area (Å²) in [5, 5.41) is 12.6. The Kier molecular flexibility index (Phi) is 5.04. The van der Waals surface area contributed by atoms with Gasteiger partial charge in [0, 0.05) is 55.1 Å². The van der Waals surface area contributed by atoms with Crippen molar-refractivity contribution < 1.29 is 9.90 Å². The van der Waals surface area contributed by atoms with Crippen molar-refractivity contribution in [2.75, 3.05) is 26.2 Å². The van der Waals surface area contributed by atoms with Crippen LogP contribution in [0, 0.1) is 0 Å². The number of carbonyl (C=O) groups is 1. The van der Waals surface area contributed by atoms with Crippen LogP contribution >= 0.6 is 11.6 Å². The summed E-state index contributed by atoms with van der Waals surface area (Å²) in [6.45, 7) is 7.61. The van der Waals surface area contributed by atoms with Gasteiger partial charge in [-0.1, -0.05) is 29.8 Å². The minimum atomic E-state index is 0.0273. The van der Waals surface area contributed by atoms with Crippen LogP contribution in [0.2, 0.25) is 5.02 Å². The third kappa shape index (κ3) is 3.36. The van der Waals surface area contributed by atoms with Gasteiger partial charge in [-0.15, -0.1) is 0 Å². The molecule has 1 amide bonds. The Bertz CT molecular complexity index is 1020. The Balaban J connectivity index is 1.61. The summed E-state index contributed by atoms with van der Waals surface area (Å²) in [4.78, 5) is 17.3. The summed E-state index contributed by atoms with van der Waals surface area (Å²) in [7, 11) is 0. The van der Waals surface area contributed by atoms with Gasteiger partial charge in [0.25, 0.3) is 5.91 Å². The Hall–Kier alpha value is -2.50. The number of hydrogen-bond donors (Lipinski definition) is 1. The molecular weight excluding hydrogens is 374 g/mol. The average Bonchev–Trinajstić information content (AvgIpc) is 3.05. The number of nitrogens with zero attached hydrogens (tertiary/aromatic N) is 3. The zero-order valence-electron chi connectivity index (χ0n) is 16.1. The SMILES string of the molecule is CC(C)N1CCN(C(=O)c2cccc(-n3cc4cccc(Cl)c4c3O)c2)CC1. The minimum Gasteiger partial charge on any atom is -0.494 e. The molecule has 4 rings (SSSR count). The number of halogens is 1. The molecule has 0 aliphatic carbocycles. The van der Waals surface area contributed by atoms with Crippen molar-refractivity contribution >= 4 is 28.3 Å². The van der Waals surface area contributed by atoms with Crippen LogP contribution in [0.15, 0.2) is 48.7 Å². The maximum Gasteiger partial charge on any atom is 0.254 e. The summed E-state index contributed by atoms with van der Waals surface area (Å²) in [6, 6.07) is 13.4. The third-order valence-corrected chi connectivity index (χ3v) is 5.78. The first-order chi connectivity index (χ1) is 13.5. The molecule has 3 aromatic rings. The first-order valence-electron chi connectivity index (χ1n) is 9.58. The molecule has 1 aliphatic rings. The second-order valence-electron chi connectivity index (χ2n) is 7.50. The van der Waals surface area contributed by atoms with E-state index in [-0.39, 0.29) is 11.8 Å². The maximum absolute atomic E-state index is 13.0. The molecule has 28 heavy (non-hydrogen) atoms. The lowest BCUT2D eigenvalue weighted by Gasteiger charge is -2.37. The topological polar surface area (TPSA) is 48.7 Å². The molecule has 1 aromatic heterocycles. The monoisotopic (exact) mass is 397 g/mol. The molecule has 0 radical (unpaired) electrons. The van der Waals surface area contributed by atoms with E-state index in [9.17, 15) is 9.90 Å². The largest absolute Gasteiger partial charge is 0.494 e. The molecule has 0 saturated carbocycles. The molecule has 2 heterocycles. The Morgan fingerprint density at radius 1 is 1.07 bits per heavy atom. The smallest absolute Gasteiger partial charge is 0.254 e. The molecule has 0 bridgehead atoms. The van der Waals surface area contributed by atoms with Crippen LogP contribution in [-0.4, -0.2) is 57.6 Å². The van der Waals surface area contributed by atoms with Gasteiger partial charge in [-0.05, 0) is 38.1 Å². The van der Waals surface area contributed by atoms with Gasteiger partial charge in [0.1, 0.15) is 0 Å². The predicted octanol–water partition coefficient (Wildman–Crippen LogP) is 4.16. The van der Waals surface area contributed by atoms with Crippen molar-refractivity contribution in [3.05, 3.63) is 59.2 Å². The fourth-order valence-electron chi connectivity index (χ4n) is 3.81. The lowest BCUT2D eigenvalue weighted by atomic mass is 10.1. The standard InChI is InChI=1S/C22H24ClN3O2/c1-15(2)24-9-11-25(12-10-24)21(27)16-5-3-7-18(13-16)26-14-17-6-4-8-19(23)20(17)22(26)28/h3-8,13-15,28H,9-12H2,1-2H3. The molecule has 0 spiro atoms. The summed E-state index contributed by atoms with van der Waals surface area (Å²) in [6.07, 6.45) is 1.83. The highest BCUT2D eigenvalue weighted by atomic mass is 35.5. The zero-order chi connectivity index (χ0) is 19.8. The molecule has 6 heteroatoms. The van der Waals surface area contributed by atoms with Crippen LogP contribution in [-0.2, 0) is 0 Å². The first kappa shape index (κ1) is 18.8. The van der Waals surface area contributed by atoms with Crippen LogP contribution in [0.4, 0.5) is 0 Å². The summed E-state index contributed by atoms with van der Waals surface area (Å²) in [5.41, 5.74) is 1.36. The molecular formula is C22H24ClN3O2. The number of piperazine rings is 1. The lowest BCUT2D eigenvalue weighted by Crippen LogP contribution is -2.50. The van der Waals surface area contributed by atoms with E-state index in [1.807, 2.05) is 47.5 Å². The van der Waals surface area contributed by atoms with Gasteiger partial charge < -0.3 is 10.0 Å². The highest BCUT2D eigenvalue weighted by Gasteiger charge is 2.23. The van der Waals surface area contributed by atoms with Crippen molar-refractivity contribution in [3.63, 3.8) is 0 Å². The number of hydrogen-bond acceptors (Lipinski definition) is 3. The number of fused-ring (bicyclic) bond motifs is 1. The van der Waals surface area contributed by atoms with Gasteiger partial charge in [0.15, 0.2) is 0 Å². The normalized spacial score (nSPS) is 15.5. The highest BCUT2D eigenvalue weighted by molar-refractivity contribution is 6.36. The van der Waals surface area contributed by atoms with Crippen molar-refractivity contribution in [2.24, 2.45) is 0 Å². The van der Waals surface area contributed by atoms with Crippen LogP contribution in [0.5, 0.6) is 5.88 Å². The quantitative estimate of drug-likeness (QED) is 0.722. The molecule has 1 N–H and O–H groups in total. The highest BCUT2D eigenvalue weighted by Crippen LogP contribution is 2.35. The fourth-order valence-corrected chi connectivity index (χ4v) is 4.08. The van der Waals surface area contributed by atoms with Crippen LogP contribution < -0.4 is 0 Å². The second-order valence-corrected chi connectivity index (χ2v) is 7.91. The molecule has 0 atom stereocenters. The number of benzene rings is 2. The predicted molar refractivity (Wildman–Crippen MR) is 113 cm³/mol. The molecule has 5 nitrogen and oxygen atoms in total. The second kappa shape index (κ2) is 7.49. The first-order valence-corrected chi connectivity index (χ1v) is 9.96. The van der Waals surface area contributed by atoms with Crippen molar-refractivity contribution in [1.82, 2.24) is 14.4 Å². The maximum atomic E-state index is 13.0. The van der Waals surface area contributed by atoms with E-state index < -0.39 is 0 Å². The minimum absolute atomic E-state index is 0.0273. The van der Waals surface area contributed by atoms with Crippen molar-refractivity contribution in [3.8, 4) is 11.6 Å². The molecule has 1 aliphatic heterocycles. The van der Waals surface area contributed by atoms with E-state index in [4.69, 9.17) is 11.6 Å². The Morgan fingerprint density at radius 3 is 2.46 bits per heavy atom. The molecule has 0 unspecified atom stereocenters. The molecule has 2 aromatic carbocycles. The number of aromatic nitrogens is 1. The Labute approximate surface area is 169 Å². The number of aromatic hydroxyl groups is 1. The number of carbonyl (C=O) groups excluding carboxylic acids is 1. The van der Waals surface area contributed by atoms with Crippen LogP contribution in [0.25, 0.3) is 16.5 Å². The van der Waals surface area contributed by atoms with E-state index >= 15 is 0 Å². The van der Waals surface area contributed by atoms with Gasteiger partial charge in [-0.25, -0.2) is 0 Å². The van der Waals surface area contributed by atoms with Gasteiger partial charge in [-0.2, -0.15) is 0 Å². The van der Waals surface area contributed by atoms with Gasteiger partial charge in [0.2, 0.25) is 5.88 Å². The van der Waals surface area contributed by atoms with E-state index in [1.54, 1.807) is 10.6 Å². The van der Waals surface area contributed by atoms with Crippen molar-refractivity contribution in [1.29, 1.82) is 0 Å². The van der Waals surface area contributed by atoms with Crippen molar-refractivity contribution in [2.45, 2.75) is 19.9 Å². The zero-order valence-corrected chi connectivity index (χ0v) is 16.9. The average molecular weight is 398 g/mol. The van der Waals surface area contributed by atoms with E-state index in [0.29, 0.717) is 22.0 Å². The molecule has 1 saturated heterocycles. The van der Waals surface area contributed by atoms with Gasteiger partial charge in [-0.3, -0.25) is 14.3 Å².